The van der Waals surface area contributed by atoms with Crippen molar-refractivity contribution in [2.45, 2.75) is 0 Å². The number of carbonyl (C=O) groups excluding carboxylic acids is 1. The molecule has 0 radical (unpaired) electrons. The van der Waals surface area contributed by atoms with E-state index in [0.29, 0.717) is 15.9 Å². The predicted molar refractivity (Wildman–Crippen MR) is 87.2 cm³/mol. The number of hydrogen-bond acceptors (Lipinski definition) is 3. The predicted octanol–water partition coefficient (Wildman–Crippen LogP) is 4.19. The van der Waals surface area contributed by atoms with Gasteiger partial charge in [-0.05, 0) is 56.1 Å². The number of rotatable bonds is 3. The van der Waals surface area contributed by atoms with Gasteiger partial charge in [0.25, 0.3) is 5.91 Å². The highest BCUT2D eigenvalue weighted by molar-refractivity contribution is 9.11. The van der Waals surface area contributed by atoms with Crippen molar-refractivity contribution in [2.75, 3.05) is 18.2 Å². The molecule has 0 saturated carbocycles. The van der Waals surface area contributed by atoms with Crippen LogP contribution in [0.2, 0.25) is 0 Å². The molecule has 0 aliphatic heterocycles. The second kappa shape index (κ2) is 6.44. The lowest BCUT2D eigenvalue weighted by Crippen LogP contribution is -2.13. The van der Waals surface area contributed by atoms with E-state index in [-0.39, 0.29) is 11.3 Å². The number of hydrogen-bond donors (Lipinski definition) is 2. The summed E-state index contributed by atoms with van der Waals surface area (Å²) in [6, 6.07) is 7.23. The van der Waals surface area contributed by atoms with Gasteiger partial charge in [0.05, 0.1) is 23.0 Å². The molecule has 0 aromatic heterocycles. The van der Waals surface area contributed by atoms with Crippen LogP contribution in [0, 0.1) is 5.82 Å². The maximum absolute atomic E-state index is 13.1. The molecule has 0 fully saturated rings. The summed E-state index contributed by atoms with van der Waals surface area (Å²) < 4.78 is 19.7. The largest absolute Gasteiger partial charge is 0.495 e. The normalized spacial score (nSPS) is 10.3. The lowest BCUT2D eigenvalue weighted by Gasteiger charge is -2.11. The third kappa shape index (κ3) is 3.54. The highest BCUT2D eigenvalue weighted by atomic mass is 79.9. The Morgan fingerprint density at radius 1 is 1.24 bits per heavy atom. The smallest absolute Gasteiger partial charge is 0.255 e. The van der Waals surface area contributed by atoms with Crippen LogP contribution >= 0.6 is 31.9 Å². The number of anilines is 2. The van der Waals surface area contributed by atoms with Crippen molar-refractivity contribution < 1.29 is 13.9 Å². The highest BCUT2D eigenvalue weighted by Gasteiger charge is 2.12. The minimum atomic E-state index is -0.557. The van der Waals surface area contributed by atoms with Gasteiger partial charge >= 0.3 is 0 Å². The molecule has 4 nitrogen and oxygen atoms in total. The lowest BCUT2D eigenvalue weighted by molar-refractivity contribution is 0.102. The van der Waals surface area contributed by atoms with Gasteiger partial charge in [-0.2, -0.15) is 0 Å². The van der Waals surface area contributed by atoms with E-state index in [4.69, 9.17) is 10.5 Å². The summed E-state index contributed by atoms with van der Waals surface area (Å²) in [4.78, 5) is 12.2. The molecule has 2 aromatic rings. The number of ether oxygens (including phenoxy) is 1. The number of nitrogen functional groups attached to an aromatic ring is 1. The summed E-state index contributed by atoms with van der Waals surface area (Å²) in [5.41, 5.74) is 6.18. The minimum absolute atomic E-state index is 0.0740. The Morgan fingerprint density at radius 3 is 2.57 bits per heavy atom. The highest BCUT2D eigenvalue weighted by Crippen LogP contribution is 2.34. The van der Waals surface area contributed by atoms with E-state index < -0.39 is 11.7 Å². The molecule has 110 valence electrons. The second-order valence-electron chi connectivity index (χ2n) is 4.16. The number of halogens is 3. The fourth-order valence-electron chi connectivity index (χ4n) is 1.66. The van der Waals surface area contributed by atoms with Gasteiger partial charge in [-0.1, -0.05) is 0 Å². The Labute approximate surface area is 137 Å². The average Bonchev–Trinajstić information content (AvgIpc) is 2.44. The zero-order valence-corrected chi connectivity index (χ0v) is 14.1. The fraction of sp³-hybridized carbons (Fsp3) is 0.0714. The van der Waals surface area contributed by atoms with Crippen LogP contribution in [0.3, 0.4) is 0 Å². The van der Waals surface area contributed by atoms with E-state index in [1.54, 1.807) is 12.1 Å². The molecule has 0 unspecified atom stereocenters. The Bertz CT molecular complexity index is 708. The van der Waals surface area contributed by atoms with E-state index in [1.807, 2.05) is 0 Å². The lowest BCUT2D eigenvalue weighted by atomic mass is 10.1. The zero-order chi connectivity index (χ0) is 15.6. The van der Waals surface area contributed by atoms with E-state index >= 15 is 0 Å². The first-order valence-corrected chi connectivity index (χ1v) is 7.40. The number of amides is 1. The molecule has 21 heavy (non-hydrogen) atoms. The van der Waals surface area contributed by atoms with Crippen LogP contribution in [0.5, 0.6) is 5.75 Å². The molecule has 2 rings (SSSR count). The Kier molecular flexibility index (Phi) is 4.84. The van der Waals surface area contributed by atoms with Gasteiger partial charge in [-0.15, -0.1) is 0 Å². The third-order valence-electron chi connectivity index (χ3n) is 2.75. The number of nitrogens with two attached hydrogens (primary N) is 1. The van der Waals surface area contributed by atoms with Crippen molar-refractivity contribution in [1.82, 2.24) is 0 Å². The van der Waals surface area contributed by atoms with E-state index in [1.165, 1.54) is 19.2 Å². The van der Waals surface area contributed by atoms with Crippen LogP contribution in [0.1, 0.15) is 10.4 Å². The molecular formula is C14H11Br2FN2O2. The molecule has 0 heterocycles. The number of carbonyl (C=O) groups is 1. The van der Waals surface area contributed by atoms with Crippen molar-refractivity contribution in [3.8, 4) is 5.75 Å². The van der Waals surface area contributed by atoms with Gasteiger partial charge in [-0.3, -0.25) is 4.79 Å². The quantitative estimate of drug-likeness (QED) is 0.735. The molecule has 3 N–H and O–H groups in total. The standard InChI is InChI=1S/C14H11Br2FN2O2/c1-21-13-6-12(8(15)5-9(13)16)19-14(20)7-2-3-10(17)11(18)4-7/h2-6H,18H2,1H3,(H,19,20). The fourth-order valence-corrected chi connectivity index (χ4v) is 2.92. The van der Waals surface area contributed by atoms with Crippen LogP contribution in [-0.2, 0) is 0 Å². The first kappa shape index (κ1) is 15.8. The van der Waals surface area contributed by atoms with Crippen molar-refractivity contribution in [3.05, 3.63) is 50.7 Å². The van der Waals surface area contributed by atoms with Gasteiger partial charge < -0.3 is 15.8 Å². The average molecular weight is 418 g/mol. The summed E-state index contributed by atoms with van der Waals surface area (Å²) in [5.74, 6) is -0.378. The molecule has 0 aliphatic rings. The Hall–Kier alpha value is -1.60. The van der Waals surface area contributed by atoms with E-state index in [2.05, 4.69) is 37.2 Å². The van der Waals surface area contributed by atoms with Crippen LogP contribution in [-0.4, -0.2) is 13.0 Å². The maximum Gasteiger partial charge on any atom is 0.255 e. The third-order valence-corrected chi connectivity index (χ3v) is 4.02. The monoisotopic (exact) mass is 416 g/mol. The Morgan fingerprint density at radius 2 is 1.95 bits per heavy atom. The maximum atomic E-state index is 13.1. The second-order valence-corrected chi connectivity index (χ2v) is 5.87. The van der Waals surface area contributed by atoms with E-state index in [9.17, 15) is 9.18 Å². The summed E-state index contributed by atoms with van der Waals surface area (Å²) in [5, 5.41) is 2.71. The van der Waals surface area contributed by atoms with Crippen molar-refractivity contribution in [1.29, 1.82) is 0 Å². The van der Waals surface area contributed by atoms with Gasteiger partial charge in [-0.25, -0.2) is 4.39 Å². The first-order chi connectivity index (χ1) is 9.92. The van der Waals surface area contributed by atoms with Crippen molar-refractivity contribution in [2.24, 2.45) is 0 Å². The van der Waals surface area contributed by atoms with Gasteiger partial charge in [0.15, 0.2) is 0 Å². The van der Waals surface area contributed by atoms with Gasteiger partial charge in [0.2, 0.25) is 0 Å². The van der Waals surface area contributed by atoms with Crippen molar-refractivity contribution >= 4 is 49.1 Å². The number of methoxy groups -OCH3 is 1. The number of benzene rings is 2. The summed E-state index contributed by atoms with van der Waals surface area (Å²) in [6.07, 6.45) is 0. The van der Waals surface area contributed by atoms with Crippen LogP contribution < -0.4 is 15.8 Å². The molecular weight excluding hydrogens is 407 g/mol. The summed E-state index contributed by atoms with van der Waals surface area (Å²) >= 11 is 6.70. The number of nitrogens with one attached hydrogen (secondary N) is 1. The molecule has 1 amide bonds. The van der Waals surface area contributed by atoms with Crippen LogP contribution in [0.4, 0.5) is 15.8 Å². The first-order valence-electron chi connectivity index (χ1n) is 5.81. The molecule has 2 aromatic carbocycles. The molecule has 0 spiro atoms. The SMILES string of the molecule is COc1cc(NC(=O)c2ccc(F)c(N)c2)c(Br)cc1Br. The summed E-state index contributed by atoms with van der Waals surface area (Å²) in [6.45, 7) is 0. The van der Waals surface area contributed by atoms with Gasteiger partial charge in [0, 0.05) is 16.1 Å². The van der Waals surface area contributed by atoms with Crippen LogP contribution in [0.25, 0.3) is 0 Å². The molecule has 0 bridgehead atoms. The summed E-state index contributed by atoms with van der Waals surface area (Å²) in [7, 11) is 1.53. The zero-order valence-electron chi connectivity index (χ0n) is 10.9. The van der Waals surface area contributed by atoms with E-state index in [0.717, 1.165) is 10.5 Å². The molecule has 0 saturated heterocycles. The Balaban J connectivity index is 2.29. The van der Waals surface area contributed by atoms with Gasteiger partial charge in [0.1, 0.15) is 11.6 Å². The molecule has 0 aliphatic carbocycles. The van der Waals surface area contributed by atoms with Crippen LogP contribution in [0.15, 0.2) is 39.3 Å². The topological polar surface area (TPSA) is 64.3 Å². The molecule has 0 atom stereocenters. The minimum Gasteiger partial charge on any atom is -0.495 e. The molecule has 7 heteroatoms. The van der Waals surface area contributed by atoms with Crippen molar-refractivity contribution in [3.63, 3.8) is 0 Å².